The summed E-state index contributed by atoms with van der Waals surface area (Å²) in [7, 11) is -3.45. The lowest BCUT2D eigenvalue weighted by Crippen LogP contribution is -2.40. The molecule has 0 bridgehead atoms. The molecular formula is C20H23ClN2O4S. The standard InChI is InChI=1S/C20H23ClN2O4S/c1-28(25,26)23-14-12-19(27-18-7-3-2-6-17(18)23)20(24)22-13-4-5-15-8-10-16(21)11-9-15/h2-3,6-11,19H,4-5,12-14H2,1H3,(H,22,24). The second kappa shape index (κ2) is 8.84. The number of carbonyl (C=O) groups is 1. The highest BCUT2D eigenvalue weighted by atomic mass is 35.5. The van der Waals surface area contributed by atoms with Gasteiger partial charge in [-0.05, 0) is 42.7 Å². The Morgan fingerprint density at radius 3 is 2.64 bits per heavy atom. The molecule has 1 amide bonds. The first-order valence-electron chi connectivity index (χ1n) is 9.10. The van der Waals surface area contributed by atoms with E-state index in [0.717, 1.165) is 24.7 Å². The van der Waals surface area contributed by atoms with Crippen molar-refractivity contribution in [2.45, 2.75) is 25.4 Å². The van der Waals surface area contributed by atoms with Gasteiger partial charge in [0.25, 0.3) is 5.91 Å². The molecule has 28 heavy (non-hydrogen) atoms. The van der Waals surface area contributed by atoms with Crippen molar-refractivity contribution in [2.75, 3.05) is 23.7 Å². The minimum Gasteiger partial charge on any atom is -0.478 e. The Morgan fingerprint density at radius 2 is 1.93 bits per heavy atom. The molecule has 0 aliphatic carbocycles. The third-order valence-electron chi connectivity index (χ3n) is 4.55. The van der Waals surface area contributed by atoms with Gasteiger partial charge in [0.1, 0.15) is 5.75 Å². The number of aryl methyl sites for hydroxylation is 1. The van der Waals surface area contributed by atoms with Crippen LogP contribution in [0.1, 0.15) is 18.4 Å². The number of anilines is 1. The van der Waals surface area contributed by atoms with Crippen molar-refractivity contribution in [3.63, 3.8) is 0 Å². The number of amides is 1. The summed E-state index contributed by atoms with van der Waals surface area (Å²) in [5.41, 5.74) is 1.62. The van der Waals surface area contributed by atoms with Gasteiger partial charge in [-0.3, -0.25) is 9.10 Å². The van der Waals surface area contributed by atoms with Gasteiger partial charge in [0.05, 0.1) is 11.9 Å². The van der Waals surface area contributed by atoms with Gasteiger partial charge in [-0.15, -0.1) is 0 Å². The molecule has 0 spiro atoms. The Hall–Kier alpha value is -2.25. The number of nitrogens with one attached hydrogen (secondary N) is 1. The molecule has 0 radical (unpaired) electrons. The predicted octanol–water partition coefficient (Wildman–Crippen LogP) is 3.01. The summed E-state index contributed by atoms with van der Waals surface area (Å²) in [5.74, 6) is 0.160. The van der Waals surface area contributed by atoms with Crippen LogP contribution < -0.4 is 14.4 Å². The molecular weight excluding hydrogens is 400 g/mol. The van der Waals surface area contributed by atoms with Crippen molar-refractivity contribution >= 4 is 33.2 Å². The maximum absolute atomic E-state index is 12.6. The second-order valence-corrected chi connectivity index (χ2v) is 9.06. The average molecular weight is 423 g/mol. The van der Waals surface area contributed by atoms with Crippen LogP contribution >= 0.6 is 11.6 Å². The Bertz CT molecular complexity index is 931. The summed E-state index contributed by atoms with van der Waals surface area (Å²) in [5, 5.41) is 3.59. The van der Waals surface area contributed by atoms with E-state index in [1.165, 1.54) is 4.31 Å². The van der Waals surface area contributed by atoms with Crippen LogP contribution in [0.3, 0.4) is 0 Å². The van der Waals surface area contributed by atoms with E-state index < -0.39 is 16.1 Å². The molecule has 0 aromatic heterocycles. The van der Waals surface area contributed by atoms with Crippen LogP contribution in [0.2, 0.25) is 5.02 Å². The summed E-state index contributed by atoms with van der Waals surface area (Å²) in [6.45, 7) is 0.706. The highest BCUT2D eigenvalue weighted by Gasteiger charge is 2.30. The molecule has 150 valence electrons. The quantitative estimate of drug-likeness (QED) is 0.726. The van der Waals surface area contributed by atoms with E-state index in [4.69, 9.17) is 16.3 Å². The van der Waals surface area contributed by atoms with Gasteiger partial charge in [-0.2, -0.15) is 0 Å². The monoisotopic (exact) mass is 422 g/mol. The Morgan fingerprint density at radius 1 is 1.21 bits per heavy atom. The molecule has 8 heteroatoms. The molecule has 1 atom stereocenters. The molecule has 3 rings (SSSR count). The van der Waals surface area contributed by atoms with Crippen molar-refractivity contribution in [1.82, 2.24) is 5.32 Å². The van der Waals surface area contributed by atoms with Gasteiger partial charge in [0.2, 0.25) is 10.0 Å². The smallest absolute Gasteiger partial charge is 0.261 e. The third-order valence-corrected chi connectivity index (χ3v) is 5.98. The summed E-state index contributed by atoms with van der Waals surface area (Å²) in [6, 6.07) is 14.5. The molecule has 1 heterocycles. The van der Waals surface area contributed by atoms with Gasteiger partial charge in [-0.25, -0.2) is 8.42 Å². The number of hydrogen-bond donors (Lipinski definition) is 1. The van der Waals surface area contributed by atoms with E-state index in [2.05, 4.69) is 5.32 Å². The lowest BCUT2D eigenvalue weighted by Gasteiger charge is -2.20. The van der Waals surface area contributed by atoms with E-state index in [-0.39, 0.29) is 18.9 Å². The third kappa shape index (κ3) is 5.17. The molecule has 1 N–H and O–H groups in total. The lowest BCUT2D eigenvalue weighted by molar-refractivity contribution is -0.128. The van der Waals surface area contributed by atoms with Crippen LogP contribution in [0.15, 0.2) is 48.5 Å². The summed E-state index contributed by atoms with van der Waals surface area (Å²) >= 11 is 5.88. The number of nitrogens with zero attached hydrogens (tertiary/aromatic N) is 1. The van der Waals surface area contributed by atoms with E-state index in [1.807, 2.05) is 24.3 Å². The van der Waals surface area contributed by atoms with Crippen LogP contribution in [0.5, 0.6) is 5.75 Å². The number of ether oxygens (including phenoxy) is 1. The second-order valence-electron chi connectivity index (χ2n) is 6.72. The van der Waals surface area contributed by atoms with Crippen LogP contribution in [0.4, 0.5) is 5.69 Å². The zero-order chi connectivity index (χ0) is 20.1. The number of para-hydroxylation sites is 2. The summed E-state index contributed by atoms with van der Waals surface area (Å²) < 4.78 is 31.3. The highest BCUT2D eigenvalue weighted by molar-refractivity contribution is 7.92. The van der Waals surface area contributed by atoms with Crippen molar-refractivity contribution in [3.05, 3.63) is 59.1 Å². The normalized spacial score (nSPS) is 16.6. The minimum absolute atomic E-state index is 0.193. The molecule has 2 aromatic rings. The molecule has 0 saturated heterocycles. The molecule has 2 aromatic carbocycles. The zero-order valence-corrected chi connectivity index (χ0v) is 17.2. The van der Waals surface area contributed by atoms with Crippen LogP contribution in [0, 0.1) is 0 Å². The first-order valence-corrected chi connectivity index (χ1v) is 11.3. The molecule has 6 nitrogen and oxygen atoms in total. The average Bonchev–Trinajstić information content (AvgIpc) is 2.86. The van der Waals surface area contributed by atoms with Crippen molar-refractivity contribution in [2.24, 2.45) is 0 Å². The van der Waals surface area contributed by atoms with Crippen LogP contribution in [-0.2, 0) is 21.2 Å². The fourth-order valence-corrected chi connectivity index (χ4v) is 4.20. The maximum atomic E-state index is 12.6. The molecule has 0 fully saturated rings. The van der Waals surface area contributed by atoms with Gasteiger partial charge in [0, 0.05) is 24.5 Å². The Balaban J connectivity index is 1.58. The lowest BCUT2D eigenvalue weighted by atomic mass is 10.1. The van der Waals surface area contributed by atoms with E-state index in [9.17, 15) is 13.2 Å². The van der Waals surface area contributed by atoms with Crippen LogP contribution in [0.25, 0.3) is 0 Å². The molecule has 1 aliphatic rings. The molecule has 1 aliphatic heterocycles. The zero-order valence-electron chi connectivity index (χ0n) is 15.6. The van der Waals surface area contributed by atoms with Crippen molar-refractivity contribution in [1.29, 1.82) is 0 Å². The first-order chi connectivity index (χ1) is 13.3. The molecule has 1 unspecified atom stereocenters. The van der Waals surface area contributed by atoms with Gasteiger partial charge in [0.15, 0.2) is 6.10 Å². The SMILES string of the molecule is CS(=O)(=O)N1CCC(C(=O)NCCCc2ccc(Cl)cc2)Oc2ccccc21. The number of carbonyl (C=O) groups excluding carboxylic acids is 1. The summed E-state index contributed by atoms with van der Waals surface area (Å²) in [6.07, 6.45) is 2.31. The fraction of sp³-hybridized carbons (Fsp3) is 0.350. The predicted molar refractivity (Wildman–Crippen MR) is 110 cm³/mol. The minimum atomic E-state index is -3.45. The van der Waals surface area contributed by atoms with E-state index >= 15 is 0 Å². The van der Waals surface area contributed by atoms with Gasteiger partial charge < -0.3 is 10.1 Å². The van der Waals surface area contributed by atoms with Gasteiger partial charge in [-0.1, -0.05) is 35.9 Å². The van der Waals surface area contributed by atoms with Crippen LogP contribution in [-0.4, -0.2) is 39.8 Å². The summed E-state index contributed by atoms with van der Waals surface area (Å²) in [4.78, 5) is 12.6. The Labute approximate surface area is 170 Å². The van der Waals surface area contributed by atoms with Crippen molar-refractivity contribution < 1.29 is 17.9 Å². The largest absolute Gasteiger partial charge is 0.478 e. The van der Waals surface area contributed by atoms with Gasteiger partial charge >= 0.3 is 0 Å². The maximum Gasteiger partial charge on any atom is 0.261 e. The van der Waals surface area contributed by atoms with E-state index in [0.29, 0.717) is 23.0 Å². The first kappa shape index (κ1) is 20.5. The Kier molecular flexibility index (Phi) is 6.46. The number of fused-ring (bicyclic) bond motifs is 1. The number of rotatable bonds is 6. The number of halogens is 1. The van der Waals surface area contributed by atoms with Crippen molar-refractivity contribution in [3.8, 4) is 5.75 Å². The number of sulfonamides is 1. The molecule has 0 saturated carbocycles. The topological polar surface area (TPSA) is 75.7 Å². The number of hydrogen-bond acceptors (Lipinski definition) is 4. The number of benzene rings is 2. The fourth-order valence-electron chi connectivity index (χ4n) is 3.13. The van der Waals surface area contributed by atoms with E-state index in [1.54, 1.807) is 24.3 Å². The highest BCUT2D eigenvalue weighted by Crippen LogP contribution is 2.33.